The second kappa shape index (κ2) is 6.21. The van der Waals surface area contributed by atoms with E-state index in [2.05, 4.69) is 4.74 Å². The van der Waals surface area contributed by atoms with Gasteiger partial charge in [0.1, 0.15) is 5.69 Å². The zero-order valence-corrected chi connectivity index (χ0v) is 13.1. The van der Waals surface area contributed by atoms with Crippen LogP contribution in [0.3, 0.4) is 0 Å². The standard InChI is InChI=1S/C14H13FN2O5S/c1-9-3-5-10(6-4-9)23(20,21)16-12-7-11(15)14(22-2)8-13(12)17(18)19/h3-8,16H,1-2H3. The highest BCUT2D eigenvalue weighted by Gasteiger charge is 2.24. The molecular weight excluding hydrogens is 327 g/mol. The normalized spacial score (nSPS) is 11.1. The molecule has 9 heteroatoms. The minimum atomic E-state index is -4.08. The Morgan fingerprint density at radius 3 is 2.35 bits per heavy atom. The van der Waals surface area contributed by atoms with Gasteiger partial charge in [0, 0.05) is 6.07 Å². The van der Waals surface area contributed by atoms with Gasteiger partial charge in [0.25, 0.3) is 15.7 Å². The molecule has 0 amide bonds. The van der Waals surface area contributed by atoms with Crippen LogP contribution in [0.2, 0.25) is 0 Å². The molecule has 0 unspecified atom stereocenters. The summed E-state index contributed by atoms with van der Waals surface area (Å²) in [7, 11) is -2.93. The van der Waals surface area contributed by atoms with Gasteiger partial charge in [0.15, 0.2) is 11.6 Å². The van der Waals surface area contributed by atoms with Gasteiger partial charge in [0.05, 0.1) is 23.0 Å². The lowest BCUT2D eigenvalue weighted by Gasteiger charge is -2.10. The average molecular weight is 340 g/mol. The summed E-state index contributed by atoms with van der Waals surface area (Å²) in [5.41, 5.74) is -0.238. The van der Waals surface area contributed by atoms with Crippen LogP contribution in [0.15, 0.2) is 41.3 Å². The van der Waals surface area contributed by atoms with Crippen molar-refractivity contribution in [3.05, 3.63) is 57.9 Å². The van der Waals surface area contributed by atoms with E-state index in [1.54, 1.807) is 19.1 Å². The summed E-state index contributed by atoms with van der Waals surface area (Å²) >= 11 is 0. The van der Waals surface area contributed by atoms with Crippen LogP contribution in [0.5, 0.6) is 5.75 Å². The Morgan fingerprint density at radius 2 is 1.83 bits per heavy atom. The van der Waals surface area contributed by atoms with Crippen molar-refractivity contribution in [2.75, 3.05) is 11.8 Å². The van der Waals surface area contributed by atoms with E-state index in [1.807, 2.05) is 4.72 Å². The van der Waals surface area contributed by atoms with Gasteiger partial charge in [0.2, 0.25) is 0 Å². The summed E-state index contributed by atoms with van der Waals surface area (Å²) in [5, 5.41) is 11.1. The molecule has 2 aromatic rings. The van der Waals surface area contributed by atoms with E-state index in [4.69, 9.17) is 0 Å². The maximum atomic E-state index is 13.7. The van der Waals surface area contributed by atoms with Crippen LogP contribution in [-0.4, -0.2) is 20.5 Å². The van der Waals surface area contributed by atoms with Crippen molar-refractivity contribution < 1.29 is 22.5 Å². The Hall–Kier alpha value is -2.68. The number of hydrogen-bond donors (Lipinski definition) is 1. The van der Waals surface area contributed by atoms with E-state index in [0.717, 1.165) is 18.7 Å². The van der Waals surface area contributed by atoms with E-state index in [-0.39, 0.29) is 10.6 Å². The lowest BCUT2D eigenvalue weighted by atomic mass is 10.2. The molecule has 2 aromatic carbocycles. The number of halogens is 1. The van der Waals surface area contributed by atoms with Gasteiger partial charge < -0.3 is 4.74 Å². The SMILES string of the molecule is COc1cc([N+](=O)[O-])c(NS(=O)(=O)c2ccc(C)cc2)cc1F. The number of methoxy groups -OCH3 is 1. The van der Waals surface area contributed by atoms with Gasteiger partial charge in [-0.15, -0.1) is 0 Å². The number of hydrogen-bond acceptors (Lipinski definition) is 5. The number of sulfonamides is 1. The molecule has 0 radical (unpaired) electrons. The topological polar surface area (TPSA) is 98.5 Å². The quantitative estimate of drug-likeness (QED) is 0.666. The fraction of sp³-hybridized carbons (Fsp3) is 0.143. The molecule has 0 atom stereocenters. The molecule has 23 heavy (non-hydrogen) atoms. The molecule has 7 nitrogen and oxygen atoms in total. The van der Waals surface area contributed by atoms with Gasteiger partial charge >= 0.3 is 0 Å². The number of nitrogens with one attached hydrogen (secondary N) is 1. The number of ether oxygens (including phenoxy) is 1. The number of aryl methyl sites for hydroxylation is 1. The van der Waals surface area contributed by atoms with Crippen molar-refractivity contribution >= 4 is 21.4 Å². The molecule has 0 aliphatic carbocycles. The van der Waals surface area contributed by atoms with E-state index in [9.17, 15) is 22.9 Å². The monoisotopic (exact) mass is 340 g/mol. The van der Waals surface area contributed by atoms with Crippen LogP contribution in [0, 0.1) is 22.9 Å². The molecule has 0 spiro atoms. The molecule has 1 N–H and O–H groups in total. The van der Waals surface area contributed by atoms with E-state index < -0.39 is 32.1 Å². The summed E-state index contributed by atoms with van der Waals surface area (Å²) in [4.78, 5) is 10.1. The highest BCUT2D eigenvalue weighted by atomic mass is 32.2. The zero-order valence-electron chi connectivity index (χ0n) is 12.2. The van der Waals surface area contributed by atoms with Crippen molar-refractivity contribution in [2.45, 2.75) is 11.8 Å². The third-order valence-electron chi connectivity index (χ3n) is 3.04. The Morgan fingerprint density at radius 1 is 1.22 bits per heavy atom. The predicted octanol–water partition coefficient (Wildman–Crippen LogP) is 2.85. The third kappa shape index (κ3) is 3.57. The average Bonchev–Trinajstić information content (AvgIpc) is 2.47. The fourth-order valence-electron chi connectivity index (χ4n) is 1.85. The van der Waals surface area contributed by atoms with Crippen molar-refractivity contribution in [1.82, 2.24) is 0 Å². The van der Waals surface area contributed by atoms with Crippen molar-refractivity contribution in [1.29, 1.82) is 0 Å². The Bertz CT molecular complexity index is 850. The first-order valence-corrected chi connectivity index (χ1v) is 7.84. The second-order valence-electron chi connectivity index (χ2n) is 4.68. The number of rotatable bonds is 5. The van der Waals surface area contributed by atoms with Crippen LogP contribution >= 0.6 is 0 Å². The van der Waals surface area contributed by atoms with Crippen molar-refractivity contribution in [3.63, 3.8) is 0 Å². The van der Waals surface area contributed by atoms with Crippen LogP contribution in [0.1, 0.15) is 5.56 Å². The molecular formula is C14H13FN2O5S. The minimum absolute atomic E-state index is 0.0892. The van der Waals surface area contributed by atoms with Gasteiger partial charge in [-0.05, 0) is 19.1 Å². The second-order valence-corrected chi connectivity index (χ2v) is 6.36. The highest BCUT2D eigenvalue weighted by molar-refractivity contribution is 7.92. The summed E-state index contributed by atoms with van der Waals surface area (Å²) in [6, 6.07) is 7.40. The molecule has 2 rings (SSSR count). The first-order chi connectivity index (χ1) is 10.7. The smallest absolute Gasteiger partial charge is 0.297 e. The first kappa shape index (κ1) is 16.7. The maximum Gasteiger partial charge on any atom is 0.297 e. The molecule has 0 aliphatic heterocycles. The summed E-state index contributed by atoms with van der Waals surface area (Å²) < 4.78 is 45.0. The molecule has 0 aliphatic rings. The molecule has 0 bridgehead atoms. The Labute approximate surface area is 131 Å². The van der Waals surface area contributed by atoms with E-state index in [0.29, 0.717) is 6.07 Å². The minimum Gasteiger partial charge on any atom is -0.493 e. The number of nitro benzene ring substituents is 1. The van der Waals surface area contributed by atoms with Crippen LogP contribution < -0.4 is 9.46 Å². The van der Waals surface area contributed by atoms with Gasteiger partial charge in [-0.25, -0.2) is 12.8 Å². The zero-order chi connectivity index (χ0) is 17.2. The first-order valence-electron chi connectivity index (χ1n) is 6.36. The van der Waals surface area contributed by atoms with E-state index in [1.165, 1.54) is 12.1 Å². The fourth-order valence-corrected chi connectivity index (χ4v) is 2.92. The van der Waals surface area contributed by atoms with Gasteiger partial charge in [-0.2, -0.15) is 0 Å². The summed E-state index contributed by atoms with van der Waals surface area (Å²) in [5.74, 6) is -1.27. The summed E-state index contributed by atoms with van der Waals surface area (Å²) in [6.07, 6.45) is 0. The molecule has 0 heterocycles. The number of nitrogens with zero attached hydrogens (tertiary/aromatic N) is 1. The van der Waals surface area contributed by atoms with Crippen molar-refractivity contribution in [2.24, 2.45) is 0 Å². The molecule has 0 saturated heterocycles. The lowest BCUT2D eigenvalue weighted by molar-refractivity contribution is -0.384. The van der Waals surface area contributed by atoms with Gasteiger partial charge in [-0.1, -0.05) is 17.7 Å². The highest BCUT2D eigenvalue weighted by Crippen LogP contribution is 2.33. The van der Waals surface area contributed by atoms with Gasteiger partial charge in [-0.3, -0.25) is 14.8 Å². The maximum absolute atomic E-state index is 13.7. The Balaban J connectivity index is 2.48. The number of anilines is 1. The molecule has 122 valence electrons. The van der Waals surface area contributed by atoms with Crippen molar-refractivity contribution in [3.8, 4) is 5.75 Å². The molecule has 0 saturated carbocycles. The van der Waals surface area contributed by atoms with Crippen LogP contribution in [0.4, 0.5) is 15.8 Å². The molecule has 0 aromatic heterocycles. The number of nitro groups is 1. The Kier molecular flexibility index (Phi) is 4.50. The lowest BCUT2D eigenvalue weighted by Crippen LogP contribution is -2.14. The molecule has 0 fully saturated rings. The third-order valence-corrected chi connectivity index (χ3v) is 4.42. The predicted molar refractivity (Wildman–Crippen MR) is 81.6 cm³/mol. The number of benzene rings is 2. The van der Waals surface area contributed by atoms with Crippen LogP contribution in [0.25, 0.3) is 0 Å². The summed E-state index contributed by atoms with van der Waals surface area (Å²) in [6.45, 7) is 1.79. The largest absolute Gasteiger partial charge is 0.493 e. The van der Waals surface area contributed by atoms with E-state index >= 15 is 0 Å². The van der Waals surface area contributed by atoms with Crippen LogP contribution in [-0.2, 0) is 10.0 Å².